The van der Waals surface area contributed by atoms with Crippen LogP contribution in [0.5, 0.6) is 23.0 Å². The number of fused-ring (bicyclic) bond motifs is 18. The van der Waals surface area contributed by atoms with E-state index in [9.17, 15) is 0 Å². The van der Waals surface area contributed by atoms with Crippen LogP contribution in [0.1, 0.15) is 0 Å². The highest BCUT2D eigenvalue weighted by Gasteiger charge is 2.32. The molecule has 23 aromatic carbocycles. The fraction of sp³-hybridized carbons (Fsp3) is 0.0455. The van der Waals surface area contributed by atoms with Gasteiger partial charge in [-0.3, -0.25) is 0 Å². The predicted octanol–water partition coefficient (Wildman–Crippen LogP) is 37.6. The maximum absolute atomic E-state index is 7.09. The smallest absolute Gasteiger partial charge is 0.159 e. The van der Waals surface area contributed by atoms with Gasteiger partial charge < -0.3 is 37.9 Å². The van der Waals surface area contributed by atoms with Crippen molar-refractivity contribution in [3.8, 4) is 78.6 Å². The Bertz CT molecular complexity index is 9300. The Balaban J connectivity index is 0.000000146. The minimum Gasteiger partial charge on any atom is -0.456 e. The third-order valence-electron chi connectivity index (χ3n) is 28.8. The van der Waals surface area contributed by atoms with Crippen molar-refractivity contribution in [3.05, 3.63) is 473 Å². The van der Waals surface area contributed by atoms with E-state index in [0.29, 0.717) is 0 Å². The second-order valence-electron chi connectivity index (χ2n) is 39.3. The molecule has 8 nitrogen and oxygen atoms in total. The van der Waals surface area contributed by atoms with E-state index in [4.69, 9.17) is 18.3 Å². The van der Waals surface area contributed by atoms with Crippen LogP contribution in [0.25, 0.3) is 164 Å². The van der Waals surface area contributed by atoms with E-state index in [-0.39, 0.29) is 0 Å². The van der Waals surface area contributed by atoms with Gasteiger partial charge >= 0.3 is 0 Å². The third-order valence-corrected chi connectivity index (χ3v) is 32.9. The van der Waals surface area contributed by atoms with Crippen molar-refractivity contribution < 1.29 is 18.3 Å². The minimum atomic E-state index is -1.46. The van der Waals surface area contributed by atoms with Gasteiger partial charge in [-0.25, -0.2) is 0 Å². The summed E-state index contributed by atoms with van der Waals surface area (Å²) in [5, 5.41) is 21.5. The molecule has 2 aromatic heterocycles. The lowest BCUT2D eigenvalue weighted by molar-refractivity contribution is 0.487. The van der Waals surface area contributed by atoms with Crippen molar-refractivity contribution in [2.45, 2.75) is 39.3 Å². The summed E-state index contributed by atoms with van der Waals surface area (Å²) >= 11 is 0. The number of rotatable bonds is 17. The van der Waals surface area contributed by atoms with Crippen LogP contribution in [-0.2, 0) is 0 Å². The molecule has 0 saturated heterocycles. The summed E-state index contributed by atoms with van der Waals surface area (Å²) in [6, 6.07) is 171. The van der Waals surface area contributed by atoms with E-state index in [1.54, 1.807) is 0 Å². The fourth-order valence-corrected chi connectivity index (χ4v) is 24.2. The van der Waals surface area contributed by atoms with Crippen LogP contribution in [0.2, 0.25) is 39.3 Å². The van der Waals surface area contributed by atoms with Crippen LogP contribution in [0.15, 0.2) is 482 Å². The van der Waals surface area contributed by atoms with E-state index in [1.165, 1.54) is 92.1 Å². The lowest BCUT2D eigenvalue weighted by Crippen LogP contribution is -2.37. The second kappa shape index (κ2) is 34.3. The molecular weight excluding hydrogens is 1760 g/mol. The highest BCUT2D eigenvalue weighted by molar-refractivity contribution is 6.89. The molecule has 142 heavy (non-hydrogen) atoms. The number of benzene rings is 23. The van der Waals surface area contributed by atoms with Gasteiger partial charge in [-0.2, -0.15) is 0 Å². The molecule has 0 N–H and O–H groups in total. The standard InChI is InChI=1S/C69H50N2O2Si.C63H46N2O2Si/c1-74(2,3)51-39-36-49(37-40-51)70(47-20-8-5-9-21-47)48-34-32-46(33-35-48)59-43-61-57-26-17-31-66-68(57)62(44-60(61)54-24-11-10-23-53(54)59)56-41-38-50(42-67(56)72-66)71(63-28-14-12-22-52(63)45-18-6-4-7-19-45)64-29-16-27-58-55-25-13-15-30-65(55)73-69(58)64;1-68(2,3)47-35-32-45(33-36-47)64(42-16-6-4-7-17-42)44-30-28-41(29-31-44)54-39-56-52-23-15-27-60-62(52)57(40-55(56)49-21-11-10-20-48(49)54)51-37-34-46(38-61(51)66-60)65(43-18-8-5-9-19-43)58-25-14-24-53-50-22-12-13-26-59(50)67-63(53)58/h4-44H,1-3H3;4-40H,1-3H3. The normalized spacial score (nSPS) is 12.1. The molecule has 25 aromatic rings. The first-order valence-corrected chi connectivity index (χ1v) is 55.9. The topological polar surface area (TPSA) is 57.7 Å². The number of anilines is 12. The summed E-state index contributed by atoms with van der Waals surface area (Å²) in [6.45, 7) is 14.4. The number of furan rings is 2. The molecule has 0 atom stereocenters. The fourth-order valence-electron chi connectivity index (χ4n) is 21.9. The van der Waals surface area contributed by atoms with E-state index >= 15 is 0 Å². The van der Waals surface area contributed by atoms with Crippen LogP contribution in [0.3, 0.4) is 0 Å². The first-order chi connectivity index (χ1) is 69.7. The molecule has 0 amide bonds. The predicted molar refractivity (Wildman–Crippen MR) is 604 cm³/mol. The van der Waals surface area contributed by atoms with Crippen molar-refractivity contribution in [2.75, 3.05) is 19.6 Å². The van der Waals surface area contributed by atoms with Crippen molar-refractivity contribution in [1.29, 1.82) is 0 Å². The lowest BCUT2D eigenvalue weighted by atomic mass is 9.86. The number of ether oxygens (including phenoxy) is 2. The molecule has 676 valence electrons. The summed E-state index contributed by atoms with van der Waals surface area (Å²) in [6.07, 6.45) is 0. The van der Waals surface area contributed by atoms with Gasteiger partial charge in [0, 0.05) is 101 Å². The van der Waals surface area contributed by atoms with Gasteiger partial charge in [-0.05, 0) is 269 Å². The average molecular weight is 1860 g/mol. The maximum atomic E-state index is 7.09. The molecule has 0 unspecified atom stereocenters. The SMILES string of the molecule is C[Si](C)(C)c1ccc(N(c2ccccc2)c2ccc(-c3cc4c5cccc6c5c(cc4c4ccccc34)-c3ccc(N(c4ccccc4)c4cccc5c4oc4ccccc45)cc3O6)cc2)cc1.C[Si](C)(C)c1ccc(N(c2ccccc2)c2ccc(-c3cc4c5cccc6c5c(cc4c4ccccc34)-c3ccc(N(c4ccccc4-c4ccccc4)c4cccc5c4oc4ccccc45)cc3O6)cc2)cc1. The largest absolute Gasteiger partial charge is 0.456 e. The number of para-hydroxylation sites is 8. The van der Waals surface area contributed by atoms with Gasteiger partial charge in [-0.1, -0.05) is 335 Å². The number of hydrogen-bond donors (Lipinski definition) is 0. The van der Waals surface area contributed by atoms with Crippen LogP contribution < -0.4 is 39.4 Å². The second-order valence-corrected chi connectivity index (χ2v) is 49.5. The third kappa shape index (κ3) is 14.6. The summed E-state index contributed by atoms with van der Waals surface area (Å²) in [5.41, 5.74) is 27.5. The summed E-state index contributed by atoms with van der Waals surface area (Å²) < 4.78 is 27.4. The van der Waals surface area contributed by atoms with Crippen LogP contribution in [0, 0.1) is 0 Å². The zero-order valence-corrected chi connectivity index (χ0v) is 81.5. The van der Waals surface area contributed by atoms with Crippen LogP contribution in [-0.4, -0.2) is 16.1 Å². The Hall–Kier alpha value is -17.5. The monoisotopic (exact) mass is 1860 g/mol. The van der Waals surface area contributed by atoms with E-state index in [1.807, 2.05) is 24.3 Å². The van der Waals surface area contributed by atoms with E-state index < -0.39 is 16.1 Å². The van der Waals surface area contributed by atoms with Gasteiger partial charge in [0.2, 0.25) is 0 Å². The van der Waals surface area contributed by atoms with E-state index in [0.717, 1.165) is 174 Å². The molecule has 0 aliphatic carbocycles. The zero-order valence-electron chi connectivity index (χ0n) is 79.5. The first kappa shape index (κ1) is 84.9. The van der Waals surface area contributed by atoms with Gasteiger partial charge in [0.15, 0.2) is 11.2 Å². The Morgan fingerprint density at radius 3 is 0.908 bits per heavy atom. The van der Waals surface area contributed by atoms with Crippen LogP contribution in [0.4, 0.5) is 68.2 Å². The van der Waals surface area contributed by atoms with Gasteiger partial charge in [0.1, 0.15) is 34.2 Å². The molecule has 0 saturated carbocycles. The van der Waals surface area contributed by atoms with Gasteiger partial charge in [0.25, 0.3) is 0 Å². The molecular formula is C132H96N4O4Si2. The number of hydrogen-bond acceptors (Lipinski definition) is 8. The molecule has 4 heterocycles. The van der Waals surface area contributed by atoms with E-state index in [2.05, 4.69) is 508 Å². The molecule has 0 fully saturated rings. The quantitative estimate of drug-likeness (QED) is 0.0660. The van der Waals surface area contributed by atoms with Crippen LogP contribution >= 0.6 is 0 Å². The molecule has 0 bridgehead atoms. The first-order valence-electron chi connectivity index (χ1n) is 48.9. The summed E-state index contributed by atoms with van der Waals surface area (Å²) in [5.74, 6) is 3.32. The molecule has 27 rings (SSSR count). The maximum Gasteiger partial charge on any atom is 0.159 e. The molecule has 0 spiro atoms. The molecule has 0 radical (unpaired) electrons. The zero-order chi connectivity index (χ0) is 95.0. The molecule has 2 aliphatic heterocycles. The van der Waals surface area contributed by atoms with Crippen molar-refractivity contribution in [1.82, 2.24) is 0 Å². The van der Waals surface area contributed by atoms with Crippen molar-refractivity contribution >= 4 is 203 Å². The Labute approximate surface area is 826 Å². The lowest BCUT2D eigenvalue weighted by Gasteiger charge is -2.30. The summed E-state index contributed by atoms with van der Waals surface area (Å²) in [7, 11) is -2.90. The Kier molecular flexibility index (Phi) is 20.5. The molecule has 10 heteroatoms. The summed E-state index contributed by atoms with van der Waals surface area (Å²) in [4.78, 5) is 9.32. The average Bonchev–Trinajstić information content (AvgIpc) is 0.871. The highest BCUT2D eigenvalue weighted by atomic mass is 28.3. The van der Waals surface area contributed by atoms with Crippen molar-refractivity contribution in [2.24, 2.45) is 0 Å². The van der Waals surface area contributed by atoms with Gasteiger partial charge in [0.05, 0.1) is 44.6 Å². The number of nitrogens with zero attached hydrogens (tertiary/aromatic N) is 4. The van der Waals surface area contributed by atoms with Gasteiger partial charge in [-0.15, -0.1) is 0 Å². The molecule has 2 aliphatic rings. The Morgan fingerprint density at radius 2 is 0.472 bits per heavy atom. The highest BCUT2D eigenvalue weighted by Crippen LogP contribution is 2.57. The van der Waals surface area contributed by atoms with Crippen molar-refractivity contribution in [3.63, 3.8) is 0 Å². The Morgan fingerprint density at radius 1 is 0.169 bits per heavy atom. The minimum absolute atomic E-state index is 0.804.